The smallest absolute Gasteiger partial charge is 0.103 e. The van der Waals surface area contributed by atoms with Crippen LogP contribution in [0.4, 0.5) is 0 Å². The van der Waals surface area contributed by atoms with Gasteiger partial charge in [-0.1, -0.05) is 40.5 Å². The molecule has 2 nitrogen and oxygen atoms in total. The van der Waals surface area contributed by atoms with E-state index in [1.807, 2.05) is 31.2 Å². The van der Waals surface area contributed by atoms with Crippen molar-refractivity contribution in [2.24, 2.45) is 0 Å². The van der Waals surface area contributed by atoms with Crippen molar-refractivity contribution >= 4 is 15.9 Å². The summed E-state index contributed by atoms with van der Waals surface area (Å²) in [6, 6.07) is 8.06. The second-order valence-electron chi connectivity index (χ2n) is 4.63. The molecule has 2 unspecified atom stereocenters. The highest BCUT2D eigenvalue weighted by Crippen LogP contribution is 2.33. The molecule has 0 amide bonds. The van der Waals surface area contributed by atoms with Gasteiger partial charge in [0.1, 0.15) is 5.60 Å². The van der Waals surface area contributed by atoms with Crippen molar-refractivity contribution in [2.45, 2.75) is 37.8 Å². The monoisotopic (exact) mass is 283 g/mol. The molecular weight excluding hydrogens is 266 g/mol. The van der Waals surface area contributed by atoms with Crippen LogP contribution in [0.15, 0.2) is 28.7 Å². The van der Waals surface area contributed by atoms with E-state index in [9.17, 15) is 5.11 Å². The average molecular weight is 284 g/mol. The van der Waals surface area contributed by atoms with Crippen LogP contribution in [-0.4, -0.2) is 17.7 Å². The van der Waals surface area contributed by atoms with Crippen LogP contribution in [-0.2, 0) is 5.60 Å². The molecule has 0 bridgehead atoms. The van der Waals surface area contributed by atoms with Gasteiger partial charge < -0.3 is 10.4 Å². The van der Waals surface area contributed by atoms with Gasteiger partial charge in [0, 0.05) is 10.5 Å². The first-order valence-corrected chi connectivity index (χ1v) is 6.62. The molecule has 1 aromatic rings. The molecule has 2 atom stereocenters. The average Bonchev–Trinajstić information content (AvgIpc) is 2.30. The molecule has 88 valence electrons. The molecule has 1 aromatic carbocycles. The third-order valence-electron chi connectivity index (χ3n) is 3.41. The Morgan fingerprint density at radius 3 is 2.75 bits per heavy atom. The van der Waals surface area contributed by atoms with Crippen molar-refractivity contribution in [3.8, 4) is 0 Å². The summed E-state index contributed by atoms with van der Waals surface area (Å²) in [5.74, 6) is 0. The lowest BCUT2D eigenvalue weighted by molar-refractivity contribution is 0.00504. The Hall–Kier alpha value is -0.380. The lowest BCUT2D eigenvalue weighted by Crippen LogP contribution is -2.49. The Balaban J connectivity index is 2.26. The first-order chi connectivity index (χ1) is 7.62. The van der Waals surface area contributed by atoms with Gasteiger partial charge in [0.25, 0.3) is 0 Å². The summed E-state index contributed by atoms with van der Waals surface area (Å²) < 4.78 is 0.979. The van der Waals surface area contributed by atoms with Gasteiger partial charge in [-0.3, -0.25) is 0 Å². The van der Waals surface area contributed by atoms with E-state index in [1.54, 1.807) is 0 Å². The Bertz CT molecular complexity index is 359. The molecule has 3 heteroatoms. The van der Waals surface area contributed by atoms with Gasteiger partial charge >= 0.3 is 0 Å². The van der Waals surface area contributed by atoms with Crippen LogP contribution in [0, 0.1) is 0 Å². The van der Waals surface area contributed by atoms with E-state index in [4.69, 9.17) is 0 Å². The molecular formula is C13H18BrNO. The highest BCUT2D eigenvalue weighted by Gasteiger charge is 2.35. The molecule has 1 aliphatic heterocycles. The Morgan fingerprint density at radius 2 is 2.12 bits per heavy atom. The van der Waals surface area contributed by atoms with Crippen molar-refractivity contribution in [1.82, 2.24) is 5.32 Å². The van der Waals surface area contributed by atoms with E-state index in [1.165, 1.54) is 12.8 Å². The summed E-state index contributed by atoms with van der Waals surface area (Å²) in [4.78, 5) is 0. The molecule has 1 fully saturated rings. The zero-order valence-corrected chi connectivity index (χ0v) is 11.1. The second kappa shape index (κ2) is 4.86. The molecule has 0 radical (unpaired) electrons. The van der Waals surface area contributed by atoms with Gasteiger partial charge in [-0.15, -0.1) is 0 Å². The van der Waals surface area contributed by atoms with E-state index >= 15 is 0 Å². The first kappa shape index (κ1) is 12.1. The molecule has 1 saturated heterocycles. The van der Waals surface area contributed by atoms with Gasteiger partial charge in [-0.2, -0.15) is 0 Å². The Morgan fingerprint density at radius 1 is 1.38 bits per heavy atom. The van der Waals surface area contributed by atoms with Crippen LogP contribution < -0.4 is 5.32 Å². The quantitative estimate of drug-likeness (QED) is 0.875. The molecule has 2 rings (SSSR count). The van der Waals surface area contributed by atoms with E-state index in [-0.39, 0.29) is 6.04 Å². The normalized spacial score (nSPS) is 25.1. The number of benzene rings is 1. The number of piperidine rings is 1. The molecule has 0 spiro atoms. The van der Waals surface area contributed by atoms with Gasteiger partial charge in [0.15, 0.2) is 0 Å². The summed E-state index contributed by atoms with van der Waals surface area (Å²) in [6.07, 6.45) is 3.44. The molecule has 16 heavy (non-hydrogen) atoms. The van der Waals surface area contributed by atoms with Crippen LogP contribution in [0.25, 0.3) is 0 Å². The topological polar surface area (TPSA) is 32.3 Å². The minimum atomic E-state index is -0.805. The summed E-state index contributed by atoms with van der Waals surface area (Å²) >= 11 is 3.51. The van der Waals surface area contributed by atoms with Gasteiger partial charge in [0.05, 0.1) is 0 Å². The number of hydrogen-bond donors (Lipinski definition) is 2. The number of aliphatic hydroxyl groups is 1. The SMILES string of the molecule is CC(O)(c1ccccc1Br)C1CCCCN1. The number of rotatable bonds is 2. The summed E-state index contributed by atoms with van der Waals surface area (Å²) in [5, 5.41) is 14.1. The molecule has 1 aliphatic rings. The van der Waals surface area contributed by atoms with Crippen molar-refractivity contribution in [2.75, 3.05) is 6.54 Å². The van der Waals surface area contributed by atoms with Crippen molar-refractivity contribution in [1.29, 1.82) is 0 Å². The van der Waals surface area contributed by atoms with Crippen molar-refractivity contribution in [3.05, 3.63) is 34.3 Å². The van der Waals surface area contributed by atoms with E-state index in [0.717, 1.165) is 23.0 Å². The first-order valence-electron chi connectivity index (χ1n) is 5.83. The van der Waals surface area contributed by atoms with E-state index in [0.29, 0.717) is 0 Å². The number of nitrogens with one attached hydrogen (secondary N) is 1. The molecule has 2 N–H and O–H groups in total. The Kier molecular flexibility index (Phi) is 3.67. The fourth-order valence-corrected chi connectivity index (χ4v) is 3.08. The van der Waals surface area contributed by atoms with Gasteiger partial charge in [0.2, 0.25) is 0 Å². The molecule has 0 saturated carbocycles. The van der Waals surface area contributed by atoms with Gasteiger partial charge in [-0.05, 0) is 37.9 Å². The minimum Gasteiger partial charge on any atom is -0.384 e. The zero-order chi connectivity index (χ0) is 11.6. The summed E-state index contributed by atoms with van der Waals surface area (Å²) in [5.41, 5.74) is 0.162. The van der Waals surface area contributed by atoms with Crippen molar-refractivity contribution in [3.63, 3.8) is 0 Å². The van der Waals surface area contributed by atoms with Crippen molar-refractivity contribution < 1.29 is 5.11 Å². The van der Waals surface area contributed by atoms with Crippen LogP contribution in [0.5, 0.6) is 0 Å². The third-order valence-corrected chi connectivity index (χ3v) is 4.10. The maximum Gasteiger partial charge on any atom is 0.103 e. The second-order valence-corrected chi connectivity index (χ2v) is 5.48. The van der Waals surface area contributed by atoms with Crippen LogP contribution in [0.3, 0.4) is 0 Å². The maximum absolute atomic E-state index is 10.7. The maximum atomic E-state index is 10.7. The summed E-state index contributed by atoms with van der Waals surface area (Å²) in [6.45, 7) is 2.90. The predicted molar refractivity (Wildman–Crippen MR) is 69.4 cm³/mol. The highest BCUT2D eigenvalue weighted by molar-refractivity contribution is 9.10. The van der Waals surface area contributed by atoms with Gasteiger partial charge in [-0.25, -0.2) is 0 Å². The van der Waals surface area contributed by atoms with Crippen LogP contribution in [0.2, 0.25) is 0 Å². The fraction of sp³-hybridized carbons (Fsp3) is 0.538. The predicted octanol–water partition coefficient (Wildman–Crippen LogP) is 2.80. The lowest BCUT2D eigenvalue weighted by atomic mass is 9.84. The summed E-state index contributed by atoms with van der Waals surface area (Å²) in [7, 11) is 0. The number of hydrogen-bond acceptors (Lipinski definition) is 2. The third kappa shape index (κ3) is 2.31. The van der Waals surface area contributed by atoms with Crippen LogP contribution in [0.1, 0.15) is 31.7 Å². The standard InChI is InChI=1S/C13H18BrNO/c1-13(16,12-8-4-5-9-15-12)10-6-2-3-7-11(10)14/h2-3,6-7,12,15-16H,4-5,8-9H2,1H3. The largest absolute Gasteiger partial charge is 0.384 e. The Labute approximate surface area is 105 Å². The lowest BCUT2D eigenvalue weighted by Gasteiger charge is -2.37. The van der Waals surface area contributed by atoms with E-state index < -0.39 is 5.60 Å². The van der Waals surface area contributed by atoms with E-state index in [2.05, 4.69) is 21.2 Å². The molecule has 1 heterocycles. The molecule has 0 aliphatic carbocycles. The fourth-order valence-electron chi connectivity index (χ4n) is 2.39. The number of halogens is 1. The van der Waals surface area contributed by atoms with Crippen LogP contribution >= 0.6 is 15.9 Å². The zero-order valence-electron chi connectivity index (χ0n) is 9.54. The highest BCUT2D eigenvalue weighted by atomic mass is 79.9. The molecule has 0 aromatic heterocycles. The minimum absolute atomic E-state index is 0.153.